The lowest BCUT2D eigenvalue weighted by molar-refractivity contribution is 0.0948. The van der Waals surface area contributed by atoms with Crippen LogP contribution < -0.4 is 16.4 Å². The number of carbonyl (C=O) groups is 1. The summed E-state index contributed by atoms with van der Waals surface area (Å²) in [6, 6.07) is 18.8. The van der Waals surface area contributed by atoms with Crippen molar-refractivity contribution in [3.8, 4) is 0 Å². The molecule has 0 atom stereocenters. The van der Waals surface area contributed by atoms with Gasteiger partial charge in [0.05, 0.1) is 0 Å². The number of piperazine rings is 1. The molecule has 2 heterocycles. The molecular formula is C28H35ClIN7O. The molecule has 0 spiro atoms. The van der Waals surface area contributed by atoms with Gasteiger partial charge in [-0.1, -0.05) is 60.5 Å². The second-order valence-corrected chi connectivity index (χ2v) is 11.1. The molecule has 0 saturated carbocycles. The van der Waals surface area contributed by atoms with E-state index in [1.165, 1.54) is 5.56 Å². The molecule has 8 nitrogen and oxygen atoms in total. The van der Waals surface area contributed by atoms with Crippen molar-refractivity contribution in [2.45, 2.75) is 32.4 Å². The second kappa shape index (κ2) is 14.6. The van der Waals surface area contributed by atoms with Crippen molar-refractivity contribution in [1.82, 2.24) is 25.1 Å². The Kier molecular flexibility index (Phi) is 11.0. The number of aromatic nitrogens is 2. The Morgan fingerprint density at radius 2 is 1.63 bits per heavy atom. The maximum Gasteiger partial charge on any atom is 0.273 e. The number of nitrogen functional groups attached to an aromatic ring is 1. The van der Waals surface area contributed by atoms with Crippen LogP contribution in [0.15, 0.2) is 54.6 Å². The average Bonchev–Trinajstić information content (AvgIpc) is 2.93. The molecule has 2 aromatic carbocycles. The van der Waals surface area contributed by atoms with Crippen LogP contribution in [0.1, 0.15) is 40.9 Å². The largest absolute Gasteiger partial charge is 0.382 e. The van der Waals surface area contributed by atoms with E-state index in [1.54, 1.807) is 0 Å². The normalized spacial score (nSPS) is 14.4. The van der Waals surface area contributed by atoms with Crippen LogP contribution in [-0.2, 0) is 13.1 Å². The van der Waals surface area contributed by atoms with Crippen LogP contribution in [0.4, 0.5) is 11.6 Å². The van der Waals surface area contributed by atoms with Crippen LogP contribution in [0.2, 0.25) is 5.15 Å². The smallest absolute Gasteiger partial charge is 0.273 e. The topological polar surface area (TPSA) is 99.4 Å². The Balaban J connectivity index is 1.11. The van der Waals surface area contributed by atoms with Crippen LogP contribution in [-0.4, -0.2) is 64.9 Å². The number of hydrogen-bond acceptors (Lipinski definition) is 7. The average molecular weight is 648 g/mol. The fourth-order valence-electron chi connectivity index (χ4n) is 4.43. The van der Waals surface area contributed by atoms with Gasteiger partial charge < -0.3 is 21.3 Å². The zero-order chi connectivity index (χ0) is 26.7. The minimum Gasteiger partial charge on any atom is -0.382 e. The van der Waals surface area contributed by atoms with Crippen LogP contribution >= 0.6 is 34.2 Å². The maximum absolute atomic E-state index is 12.6. The van der Waals surface area contributed by atoms with E-state index < -0.39 is 0 Å². The predicted molar refractivity (Wildman–Crippen MR) is 162 cm³/mol. The first-order valence-electron chi connectivity index (χ1n) is 13.1. The van der Waals surface area contributed by atoms with Gasteiger partial charge in [-0.2, -0.15) is 0 Å². The van der Waals surface area contributed by atoms with Crippen molar-refractivity contribution in [2.24, 2.45) is 0 Å². The highest BCUT2D eigenvalue weighted by atomic mass is 127. The highest BCUT2D eigenvalue weighted by molar-refractivity contribution is 14.1. The maximum atomic E-state index is 12.6. The fourth-order valence-corrected chi connectivity index (χ4v) is 4.98. The number of benzene rings is 2. The van der Waals surface area contributed by atoms with Crippen LogP contribution in [0.3, 0.4) is 0 Å². The summed E-state index contributed by atoms with van der Waals surface area (Å²) >= 11 is 8.54. The standard InChI is InChI=1S/C28H35ClIN7O/c29-25-27(33-19-21-9-11-23(30)12-10-21)35-26(31)24(34-25)28(38)32-13-5-2-6-14-36-15-17-37(18-16-36)20-22-7-3-1-4-8-22/h1,3-4,7-12H,2,5-6,13-20H2,(H,32,38)(H3,31,33,35). The van der Waals surface area contributed by atoms with Crippen molar-refractivity contribution in [1.29, 1.82) is 0 Å². The van der Waals surface area contributed by atoms with Gasteiger partial charge in [-0.25, -0.2) is 9.97 Å². The van der Waals surface area contributed by atoms with E-state index in [4.69, 9.17) is 17.3 Å². The van der Waals surface area contributed by atoms with E-state index in [-0.39, 0.29) is 22.6 Å². The number of hydrogen-bond donors (Lipinski definition) is 3. The van der Waals surface area contributed by atoms with Crippen molar-refractivity contribution in [2.75, 3.05) is 50.3 Å². The van der Waals surface area contributed by atoms with Gasteiger partial charge in [0.1, 0.15) is 0 Å². The molecule has 3 aromatic rings. The van der Waals surface area contributed by atoms with Gasteiger partial charge in [-0.3, -0.25) is 9.69 Å². The number of rotatable bonds is 12. The molecule has 1 aliphatic heterocycles. The predicted octanol–water partition coefficient (Wildman–Crippen LogP) is 4.65. The van der Waals surface area contributed by atoms with Crippen molar-refractivity contribution < 1.29 is 4.79 Å². The Bertz CT molecular complexity index is 1170. The Labute approximate surface area is 243 Å². The summed E-state index contributed by atoms with van der Waals surface area (Å²) in [7, 11) is 0. The fraction of sp³-hybridized carbons (Fsp3) is 0.393. The third-order valence-electron chi connectivity index (χ3n) is 6.62. The molecular weight excluding hydrogens is 613 g/mol. The van der Waals surface area contributed by atoms with Crippen molar-refractivity contribution in [3.05, 3.63) is 80.1 Å². The molecule has 1 aliphatic rings. The van der Waals surface area contributed by atoms with Crippen molar-refractivity contribution >= 4 is 51.7 Å². The summed E-state index contributed by atoms with van der Waals surface area (Å²) in [5.74, 6) is 0.0687. The highest BCUT2D eigenvalue weighted by Gasteiger charge is 2.18. The first-order valence-corrected chi connectivity index (χ1v) is 14.5. The summed E-state index contributed by atoms with van der Waals surface area (Å²) < 4.78 is 1.16. The molecule has 1 saturated heterocycles. The number of carbonyl (C=O) groups excluding carboxylic acids is 1. The van der Waals surface area contributed by atoms with Crippen molar-refractivity contribution in [3.63, 3.8) is 0 Å². The first kappa shape index (κ1) is 28.5. The zero-order valence-corrected chi connectivity index (χ0v) is 24.4. The number of nitrogens with two attached hydrogens (primary N) is 1. The van der Waals surface area contributed by atoms with E-state index >= 15 is 0 Å². The lowest BCUT2D eigenvalue weighted by Gasteiger charge is -2.34. The summed E-state index contributed by atoms with van der Waals surface area (Å²) in [5.41, 5.74) is 8.54. The Morgan fingerprint density at radius 1 is 0.921 bits per heavy atom. The zero-order valence-electron chi connectivity index (χ0n) is 21.5. The van der Waals surface area contributed by atoms with Gasteiger partial charge in [0.15, 0.2) is 22.5 Å². The minimum absolute atomic E-state index is 0.0585. The lowest BCUT2D eigenvalue weighted by atomic mass is 10.2. The van der Waals surface area contributed by atoms with Gasteiger partial charge in [0, 0.05) is 49.4 Å². The molecule has 38 heavy (non-hydrogen) atoms. The summed E-state index contributed by atoms with van der Waals surface area (Å²) in [5, 5.41) is 6.16. The molecule has 1 amide bonds. The molecule has 1 aromatic heterocycles. The third kappa shape index (κ3) is 8.79. The van der Waals surface area contributed by atoms with Crippen LogP contribution in [0.25, 0.3) is 0 Å². The van der Waals surface area contributed by atoms with E-state index in [2.05, 4.69) is 83.3 Å². The molecule has 0 unspecified atom stereocenters. The van der Waals surface area contributed by atoms with Crippen LogP contribution in [0.5, 0.6) is 0 Å². The summed E-state index contributed by atoms with van der Waals surface area (Å²) in [6.45, 7) is 7.65. The Morgan fingerprint density at radius 3 is 2.37 bits per heavy atom. The number of anilines is 2. The SMILES string of the molecule is Nc1nc(NCc2ccc(I)cc2)c(Cl)nc1C(=O)NCCCCCN1CCN(Cc2ccccc2)CC1. The van der Waals surface area contributed by atoms with Gasteiger partial charge in [-0.05, 0) is 65.2 Å². The van der Waals surface area contributed by atoms with E-state index in [9.17, 15) is 4.79 Å². The number of halogens is 2. The lowest BCUT2D eigenvalue weighted by Crippen LogP contribution is -2.46. The van der Waals surface area contributed by atoms with Gasteiger partial charge in [0.25, 0.3) is 5.91 Å². The molecule has 10 heteroatoms. The number of nitrogens with zero attached hydrogens (tertiary/aromatic N) is 4. The number of unbranched alkanes of at least 4 members (excludes halogenated alkanes) is 2. The minimum atomic E-state index is -0.351. The Hall–Kier alpha value is -2.47. The van der Waals surface area contributed by atoms with E-state index in [0.29, 0.717) is 18.9 Å². The first-order chi connectivity index (χ1) is 18.5. The van der Waals surface area contributed by atoms with Gasteiger partial charge in [-0.15, -0.1) is 0 Å². The molecule has 0 aliphatic carbocycles. The summed E-state index contributed by atoms with van der Waals surface area (Å²) in [4.78, 5) is 26.1. The van der Waals surface area contributed by atoms with E-state index in [1.807, 2.05) is 24.3 Å². The molecule has 0 bridgehead atoms. The van der Waals surface area contributed by atoms with Gasteiger partial charge >= 0.3 is 0 Å². The molecule has 202 valence electrons. The second-order valence-electron chi connectivity index (χ2n) is 9.50. The molecule has 4 rings (SSSR count). The molecule has 0 radical (unpaired) electrons. The number of nitrogens with one attached hydrogen (secondary N) is 2. The number of amides is 1. The van der Waals surface area contributed by atoms with E-state index in [0.717, 1.165) is 67.7 Å². The highest BCUT2D eigenvalue weighted by Crippen LogP contribution is 2.21. The third-order valence-corrected chi connectivity index (χ3v) is 7.60. The molecule has 4 N–H and O–H groups in total. The summed E-state index contributed by atoms with van der Waals surface area (Å²) in [6.07, 6.45) is 3.06. The van der Waals surface area contributed by atoms with Gasteiger partial charge in [0.2, 0.25) is 0 Å². The molecule has 1 fully saturated rings. The monoisotopic (exact) mass is 647 g/mol. The quantitative estimate of drug-likeness (QED) is 0.195. The van der Waals surface area contributed by atoms with Crippen LogP contribution in [0, 0.1) is 3.57 Å².